The number of halogens is 1. The highest BCUT2D eigenvalue weighted by Gasteiger charge is 2.34. The normalized spacial score (nSPS) is 15.2. The first-order chi connectivity index (χ1) is 15.0. The molecular weight excluding hydrogens is 432 g/mol. The number of nitrogens with one attached hydrogen (secondary N) is 1. The third kappa shape index (κ3) is 4.21. The van der Waals surface area contributed by atoms with Gasteiger partial charge < -0.3 is 4.74 Å². The van der Waals surface area contributed by atoms with E-state index < -0.39 is 11.8 Å². The van der Waals surface area contributed by atoms with Crippen molar-refractivity contribution in [2.45, 2.75) is 0 Å². The molecule has 0 bridgehead atoms. The van der Waals surface area contributed by atoms with Gasteiger partial charge in [0.05, 0.1) is 12.8 Å². The number of anilines is 1. The second kappa shape index (κ2) is 8.71. The van der Waals surface area contributed by atoms with Gasteiger partial charge in [-0.15, -0.1) is 0 Å². The molecule has 3 aromatic rings. The Hall–Kier alpha value is -3.48. The van der Waals surface area contributed by atoms with Crippen molar-refractivity contribution in [3.05, 3.63) is 89.0 Å². The lowest BCUT2D eigenvalue weighted by molar-refractivity contribution is -0.122. The van der Waals surface area contributed by atoms with E-state index in [4.69, 9.17) is 28.6 Å². The maximum absolute atomic E-state index is 13.1. The average molecular weight is 449 g/mol. The number of methoxy groups -OCH3 is 1. The monoisotopic (exact) mass is 448 g/mol. The number of hydrogen-bond acceptors (Lipinski definition) is 4. The summed E-state index contributed by atoms with van der Waals surface area (Å²) in [4.78, 5) is 27.0. The van der Waals surface area contributed by atoms with Crippen LogP contribution in [0.3, 0.4) is 0 Å². The predicted molar refractivity (Wildman–Crippen MR) is 126 cm³/mol. The van der Waals surface area contributed by atoms with Gasteiger partial charge >= 0.3 is 0 Å². The molecule has 0 aliphatic carbocycles. The van der Waals surface area contributed by atoms with E-state index in [2.05, 4.69) is 5.32 Å². The molecule has 1 heterocycles. The van der Waals surface area contributed by atoms with Gasteiger partial charge in [-0.05, 0) is 65.8 Å². The van der Waals surface area contributed by atoms with E-state index in [1.165, 1.54) is 4.90 Å². The molecule has 1 aliphatic heterocycles. The van der Waals surface area contributed by atoms with Gasteiger partial charge in [0.25, 0.3) is 11.8 Å². The van der Waals surface area contributed by atoms with Crippen molar-refractivity contribution in [2.24, 2.45) is 0 Å². The van der Waals surface area contributed by atoms with Crippen molar-refractivity contribution < 1.29 is 14.3 Å². The number of benzene rings is 3. The SMILES string of the molecule is COc1ccccc1-c1cccc(C=C2C(=O)NC(=S)N(c3ccc(Cl)cc3)C2=O)c1. The third-order valence-electron chi connectivity index (χ3n) is 4.80. The molecule has 1 N–H and O–H groups in total. The lowest BCUT2D eigenvalue weighted by Crippen LogP contribution is -2.54. The van der Waals surface area contributed by atoms with Gasteiger partial charge in [0.1, 0.15) is 11.3 Å². The van der Waals surface area contributed by atoms with Crippen LogP contribution < -0.4 is 15.0 Å². The van der Waals surface area contributed by atoms with Crippen LogP contribution in [-0.2, 0) is 9.59 Å². The van der Waals surface area contributed by atoms with Crippen LogP contribution in [0.4, 0.5) is 5.69 Å². The van der Waals surface area contributed by atoms with Crippen molar-refractivity contribution in [2.75, 3.05) is 12.0 Å². The minimum Gasteiger partial charge on any atom is -0.496 e. The van der Waals surface area contributed by atoms with E-state index >= 15 is 0 Å². The summed E-state index contributed by atoms with van der Waals surface area (Å²) in [6.45, 7) is 0. The highest BCUT2D eigenvalue weighted by atomic mass is 35.5. The fraction of sp³-hybridized carbons (Fsp3) is 0.0417. The molecular formula is C24H17ClN2O3S. The van der Waals surface area contributed by atoms with Crippen molar-refractivity contribution >= 4 is 52.5 Å². The second-order valence-electron chi connectivity index (χ2n) is 6.76. The number of rotatable bonds is 4. The predicted octanol–water partition coefficient (Wildman–Crippen LogP) is 4.85. The molecule has 7 heteroatoms. The molecule has 0 radical (unpaired) electrons. The molecule has 1 aliphatic rings. The summed E-state index contributed by atoms with van der Waals surface area (Å²) in [6, 6.07) is 21.8. The number of para-hydroxylation sites is 1. The maximum Gasteiger partial charge on any atom is 0.270 e. The van der Waals surface area contributed by atoms with Gasteiger partial charge in [-0.25, -0.2) is 0 Å². The minimum atomic E-state index is -0.539. The van der Waals surface area contributed by atoms with Crippen molar-refractivity contribution in [1.29, 1.82) is 0 Å². The van der Waals surface area contributed by atoms with Crippen LogP contribution in [0.25, 0.3) is 17.2 Å². The summed E-state index contributed by atoms with van der Waals surface area (Å²) in [7, 11) is 1.62. The zero-order valence-electron chi connectivity index (χ0n) is 16.5. The summed E-state index contributed by atoms with van der Waals surface area (Å²) in [5, 5.41) is 3.14. The summed E-state index contributed by atoms with van der Waals surface area (Å²) in [5.41, 5.74) is 3.02. The summed E-state index contributed by atoms with van der Waals surface area (Å²) < 4.78 is 5.44. The molecule has 31 heavy (non-hydrogen) atoms. The van der Waals surface area contributed by atoms with E-state index in [1.54, 1.807) is 37.5 Å². The number of carbonyl (C=O) groups excluding carboxylic acids is 2. The van der Waals surface area contributed by atoms with E-state index in [0.717, 1.165) is 16.9 Å². The quantitative estimate of drug-likeness (QED) is 0.352. The highest BCUT2D eigenvalue weighted by molar-refractivity contribution is 7.80. The Morgan fingerprint density at radius 2 is 1.74 bits per heavy atom. The molecule has 2 amide bonds. The van der Waals surface area contributed by atoms with Gasteiger partial charge in [0, 0.05) is 10.6 Å². The van der Waals surface area contributed by atoms with Crippen LogP contribution in [0.15, 0.2) is 78.4 Å². The molecule has 0 saturated carbocycles. The Balaban J connectivity index is 1.72. The van der Waals surface area contributed by atoms with Gasteiger partial charge in [0.2, 0.25) is 0 Å². The molecule has 1 saturated heterocycles. The van der Waals surface area contributed by atoms with Crippen LogP contribution in [0.5, 0.6) is 5.75 Å². The molecule has 3 aromatic carbocycles. The molecule has 0 spiro atoms. The molecule has 0 aromatic heterocycles. The smallest absolute Gasteiger partial charge is 0.270 e. The Morgan fingerprint density at radius 1 is 1.00 bits per heavy atom. The molecule has 5 nitrogen and oxygen atoms in total. The Labute approximate surface area is 189 Å². The van der Waals surface area contributed by atoms with E-state index in [0.29, 0.717) is 16.3 Å². The third-order valence-corrected chi connectivity index (χ3v) is 5.34. The Bertz CT molecular complexity index is 1220. The van der Waals surface area contributed by atoms with Crippen molar-refractivity contribution in [1.82, 2.24) is 5.32 Å². The van der Waals surface area contributed by atoms with Crippen LogP contribution in [-0.4, -0.2) is 24.0 Å². The first-order valence-corrected chi connectivity index (χ1v) is 10.2. The van der Waals surface area contributed by atoms with Crippen LogP contribution in [0.2, 0.25) is 5.02 Å². The lowest BCUT2D eigenvalue weighted by Gasteiger charge is -2.29. The molecule has 4 rings (SSSR count). The number of nitrogens with zero attached hydrogens (tertiary/aromatic N) is 1. The first kappa shape index (κ1) is 20.8. The van der Waals surface area contributed by atoms with Crippen LogP contribution in [0.1, 0.15) is 5.56 Å². The van der Waals surface area contributed by atoms with Crippen molar-refractivity contribution in [3.63, 3.8) is 0 Å². The first-order valence-electron chi connectivity index (χ1n) is 9.38. The van der Waals surface area contributed by atoms with Gasteiger partial charge in [-0.2, -0.15) is 0 Å². The number of ether oxygens (including phenoxy) is 1. The zero-order valence-corrected chi connectivity index (χ0v) is 18.0. The van der Waals surface area contributed by atoms with E-state index in [1.807, 2.05) is 48.5 Å². The second-order valence-corrected chi connectivity index (χ2v) is 7.58. The topological polar surface area (TPSA) is 58.6 Å². The molecule has 0 atom stereocenters. The Morgan fingerprint density at radius 3 is 2.48 bits per heavy atom. The van der Waals surface area contributed by atoms with E-state index in [9.17, 15) is 9.59 Å². The van der Waals surface area contributed by atoms with E-state index in [-0.39, 0.29) is 10.7 Å². The number of amides is 2. The lowest BCUT2D eigenvalue weighted by atomic mass is 10.00. The standard InChI is InChI=1S/C24H17ClN2O3S/c1-30-21-8-3-2-7-19(21)16-6-4-5-15(13-16)14-20-22(28)26-24(31)27(23(20)29)18-11-9-17(25)10-12-18/h2-14H,1H3,(H,26,28,31). The Kier molecular flexibility index (Phi) is 5.84. The summed E-state index contributed by atoms with van der Waals surface area (Å²) in [5.74, 6) is -0.306. The molecule has 1 fully saturated rings. The van der Waals surface area contributed by atoms with Gasteiger partial charge in [0.15, 0.2) is 5.11 Å². The minimum absolute atomic E-state index is 0.0132. The summed E-state index contributed by atoms with van der Waals surface area (Å²) >= 11 is 11.2. The highest BCUT2D eigenvalue weighted by Crippen LogP contribution is 2.31. The van der Waals surface area contributed by atoms with Gasteiger partial charge in [-0.3, -0.25) is 19.8 Å². The largest absolute Gasteiger partial charge is 0.496 e. The van der Waals surface area contributed by atoms with Crippen molar-refractivity contribution in [3.8, 4) is 16.9 Å². The molecule has 0 unspecified atom stereocenters. The number of carbonyl (C=O) groups is 2. The van der Waals surface area contributed by atoms with Crippen LogP contribution >= 0.6 is 23.8 Å². The number of thiocarbonyl (C=S) groups is 1. The fourth-order valence-electron chi connectivity index (χ4n) is 3.33. The van der Waals surface area contributed by atoms with Crippen LogP contribution in [0, 0.1) is 0 Å². The molecule has 154 valence electrons. The average Bonchev–Trinajstić information content (AvgIpc) is 2.78. The maximum atomic E-state index is 13.1. The fourth-order valence-corrected chi connectivity index (χ4v) is 3.73. The summed E-state index contributed by atoms with van der Waals surface area (Å²) in [6.07, 6.45) is 1.56. The number of hydrogen-bond donors (Lipinski definition) is 1. The van der Waals surface area contributed by atoms with Gasteiger partial charge in [-0.1, -0.05) is 48.0 Å². The zero-order chi connectivity index (χ0) is 22.0.